The van der Waals surface area contributed by atoms with Gasteiger partial charge < -0.3 is 0 Å². The summed E-state index contributed by atoms with van der Waals surface area (Å²) in [5, 5.41) is -5.85. The van der Waals surface area contributed by atoms with Crippen molar-refractivity contribution in [1.29, 1.82) is 0 Å². The van der Waals surface area contributed by atoms with Crippen molar-refractivity contribution in [2.75, 3.05) is 0 Å². The summed E-state index contributed by atoms with van der Waals surface area (Å²) in [6.07, 6.45) is -0.826. The van der Waals surface area contributed by atoms with Crippen LogP contribution in [0.1, 0.15) is 49.3 Å². The van der Waals surface area contributed by atoms with Crippen molar-refractivity contribution in [3.63, 3.8) is 0 Å². The molecule has 0 spiro atoms. The maximum atomic E-state index is 10.4. The van der Waals surface area contributed by atoms with Crippen LogP contribution in [0.4, 0.5) is 0 Å². The molecule has 3 heterocycles. The highest BCUT2D eigenvalue weighted by atomic mass is 32.1. The molecule has 0 fully saturated rings. The molecule has 10 aromatic carbocycles. The fraction of sp³-hybridized carbons (Fsp3) is 0. The minimum atomic E-state index is -1.23. The largest absolute Gasteiger partial charge is 0.254 e. The van der Waals surface area contributed by atoms with Gasteiger partial charge in [0.05, 0.1) is 66.1 Å². The van der Waals surface area contributed by atoms with Crippen molar-refractivity contribution in [3.05, 3.63) is 218 Å². The lowest BCUT2D eigenvalue weighted by Crippen LogP contribution is -1.91. The number of fused-ring (bicyclic) bond motifs is 4. The van der Waals surface area contributed by atoms with Crippen LogP contribution in [0.5, 0.6) is 0 Å². The summed E-state index contributed by atoms with van der Waals surface area (Å²) in [7, 11) is 0. The molecule has 0 bridgehead atoms. The Labute approximate surface area is 419 Å². The van der Waals surface area contributed by atoms with Gasteiger partial charge in [0.25, 0.3) is 0 Å². The monoisotopic (exact) mass is 852 g/mol. The van der Waals surface area contributed by atoms with Gasteiger partial charge in [0.15, 0.2) is 0 Å². The van der Waals surface area contributed by atoms with Crippen molar-refractivity contribution in [1.82, 2.24) is 9.97 Å². The molecule has 0 aliphatic heterocycles. The van der Waals surface area contributed by atoms with Gasteiger partial charge in [-0.3, -0.25) is 4.98 Å². The quantitative estimate of drug-likeness (QED) is 0.156. The third kappa shape index (κ3) is 5.71. The predicted molar refractivity (Wildman–Crippen MR) is 269 cm³/mol. The lowest BCUT2D eigenvalue weighted by molar-refractivity contribution is 1.37. The maximum Gasteiger partial charge on any atom is 0.0972 e. The van der Waals surface area contributed by atoms with Gasteiger partial charge >= 0.3 is 0 Å². The average molecular weight is 853 g/mol. The number of pyridine rings is 2. The van der Waals surface area contributed by atoms with E-state index in [9.17, 15) is 26.0 Å². The Bertz CT molecular complexity index is 5980. The van der Waals surface area contributed by atoms with E-state index in [1.165, 1.54) is 0 Å². The van der Waals surface area contributed by atoms with E-state index in [4.69, 9.17) is 23.3 Å². The Morgan fingerprint density at radius 2 is 0.889 bits per heavy atom. The van der Waals surface area contributed by atoms with E-state index in [-0.39, 0.29) is 11.3 Å². The van der Waals surface area contributed by atoms with Crippen LogP contribution in [-0.2, 0) is 0 Å². The van der Waals surface area contributed by atoms with Crippen LogP contribution in [0.15, 0.2) is 218 Å². The molecule has 2 nitrogen and oxygen atoms in total. The van der Waals surface area contributed by atoms with Crippen molar-refractivity contribution >= 4 is 76.2 Å². The predicted octanol–water partition coefficient (Wildman–Crippen LogP) is 16.9. The van der Waals surface area contributed by atoms with Crippen molar-refractivity contribution in [2.45, 2.75) is 0 Å². The molecule has 292 valence electrons. The second-order valence-electron chi connectivity index (χ2n) is 13.6. The first-order chi connectivity index (χ1) is 46.2. The molecular weight excluding hydrogens is 781 g/mol. The number of benzene rings is 10. The third-order valence-corrected chi connectivity index (χ3v) is 11.5. The second-order valence-corrected chi connectivity index (χ2v) is 14.7. The van der Waals surface area contributed by atoms with Crippen molar-refractivity contribution in [3.8, 4) is 65.5 Å². The molecule has 0 saturated heterocycles. The Balaban J connectivity index is 1.27. The van der Waals surface area contributed by atoms with Crippen LogP contribution < -0.4 is 0 Å². The zero-order valence-electron chi connectivity index (χ0n) is 67.3. The molecule has 0 amide bonds. The van der Waals surface area contributed by atoms with Gasteiger partial charge in [-0.1, -0.05) is 193 Å². The molecule has 3 aromatic heterocycles. The molecule has 0 radical (unpaired) electrons. The first-order valence-electron chi connectivity index (χ1n) is 36.6. The van der Waals surface area contributed by atoms with Gasteiger partial charge in [0.2, 0.25) is 0 Å². The van der Waals surface area contributed by atoms with Crippen LogP contribution >= 0.6 is 11.3 Å². The van der Waals surface area contributed by atoms with Gasteiger partial charge in [-0.05, 0) is 89.0 Å². The topological polar surface area (TPSA) is 25.8 Å². The summed E-state index contributed by atoms with van der Waals surface area (Å²) >= 11 is 0.200. The standard InChI is InChI=1S/C60H36N2S/c1-3-12-37(13-4-1)55-56(38-14-5-2-6-15-38)60(51-31-28-41-24-23-39-16-9-17-40-27-30-50(51)54(41)53(39)40)63-59(55)45-19-10-18-44(36-45)46-32-33-49(48-22-8-7-21-47(46)48)52-34-29-43-26-25-42-20-11-35-61-57(42)58(43)62-52/h1-36H/i1D,2D,3D,4D,5D,6D,7D,8D,9D,10D,11D,12D,13D,14D,15D,16D,17D,18D,19D,20D,21D,22D,23D,24D,25D,26D,27D,28D,29D,30D,31D,32D,33D,34D,35D,36D. The Morgan fingerprint density at radius 3 is 1.67 bits per heavy atom. The van der Waals surface area contributed by atoms with Crippen LogP contribution in [0.2, 0.25) is 0 Å². The van der Waals surface area contributed by atoms with Gasteiger partial charge in [0, 0.05) is 49.0 Å². The summed E-state index contributed by atoms with van der Waals surface area (Å²) < 4.78 is 333. The zero-order valence-corrected chi connectivity index (χ0v) is 32.1. The minimum absolute atomic E-state index is 0.200. The van der Waals surface area contributed by atoms with E-state index < -0.39 is 348 Å². The number of thiophene rings is 1. The Hall–Kier alpha value is -7.98. The minimum Gasteiger partial charge on any atom is -0.254 e. The van der Waals surface area contributed by atoms with Gasteiger partial charge in [-0.15, -0.1) is 11.3 Å². The smallest absolute Gasteiger partial charge is 0.0972 e. The maximum absolute atomic E-state index is 10.4. The molecule has 3 heteroatoms. The fourth-order valence-corrected chi connectivity index (χ4v) is 8.84. The molecule has 0 atom stereocenters. The van der Waals surface area contributed by atoms with E-state index in [1.807, 2.05) is 0 Å². The summed E-state index contributed by atoms with van der Waals surface area (Å²) in [5.41, 5.74) is -10.1. The van der Waals surface area contributed by atoms with Gasteiger partial charge in [-0.2, -0.15) is 0 Å². The van der Waals surface area contributed by atoms with E-state index in [0.717, 1.165) is 0 Å². The number of rotatable bonds is 6. The Kier molecular flexibility index (Phi) is 3.44. The summed E-state index contributed by atoms with van der Waals surface area (Å²) in [6, 6.07) is -35.3. The van der Waals surface area contributed by atoms with Crippen LogP contribution in [0.25, 0.3) is 130 Å². The van der Waals surface area contributed by atoms with Gasteiger partial charge in [-0.25, -0.2) is 4.98 Å². The molecule has 0 saturated carbocycles. The lowest BCUT2D eigenvalue weighted by Gasteiger charge is -2.15. The highest BCUT2D eigenvalue weighted by molar-refractivity contribution is 7.20. The van der Waals surface area contributed by atoms with Crippen LogP contribution in [-0.4, -0.2) is 9.97 Å². The molecule has 13 aromatic rings. The molecular formula is C60H36N2S. The second kappa shape index (κ2) is 14.3. The summed E-state index contributed by atoms with van der Waals surface area (Å²) in [5.74, 6) is 0. The van der Waals surface area contributed by atoms with E-state index in [2.05, 4.69) is 9.97 Å². The Morgan fingerprint density at radius 1 is 0.349 bits per heavy atom. The highest BCUT2D eigenvalue weighted by Crippen LogP contribution is 2.54. The average Bonchev–Trinajstić information content (AvgIpc) is 1.44. The van der Waals surface area contributed by atoms with E-state index in [1.54, 1.807) is 0 Å². The zero-order chi connectivity index (χ0) is 72.8. The molecule has 63 heavy (non-hydrogen) atoms. The van der Waals surface area contributed by atoms with Crippen molar-refractivity contribution in [2.24, 2.45) is 0 Å². The number of aromatic nitrogens is 2. The first kappa shape index (κ1) is 15.1. The fourth-order valence-electron chi connectivity index (χ4n) is 7.56. The number of hydrogen-bond donors (Lipinski definition) is 0. The van der Waals surface area contributed by atoms with Gasteiger partial charge in [0.1, 0.15) is 0 Å². The SMILES string of the molecule is [2H]c1nc2c(c([2H])c1[2H])c([2H])c([2H])c1c([2H])c([2H])c(-c3c([2H])c([2H])c(-c4c([2H])c([2H])c([2H])c(-c5sc(-c6c([2H])c([2H])c7c([2H])c([2H])c8c([2H])c([2H])c([2H])c9c([2H])c([2H])c6c7c89)c(-c6c([2H])c([2H])c([2H])c([2H])c6[2H])c5-c5c([2H])c([2H])c([2H])c([2H])c5[2H])c4[2H])c4c([2H])c([2H])c([2H])c([2H])c34)nc12. The highest BCUT2D eigenvalue weighted by Gasteiger charge is 2.25. The molecule has 0 N–H and O–H groups in total. The molecule has 0 aliphatic carbocycles. The van der Waals surface area contributed by atoms with E-state index >= 15 is 0 Å². The lowest BCUT2D eigenvalue weighted by atomic mass is 9.88. The van der Waals surface area contributed by atoms with Crippen LogP contribution in [0, 0.1) is 0 Å². The van der Waals surface area contributed by atoms with Crippen LogP contribution in [0.3, 0.4) is 0 Å². The molecule has 13 rings (SSSR count). The third-order valence-electron chi connectivity index (χ3n) is 10.2. The summed E-state index contributed by atoms with van der Waals surface area (Å²) in [4.78, 5) is 7.02. The van der Waals surface area contributed by atoms with E-state index in [0.29, 0.717) is 0 Å². The number of hydrogen-bond acceptors (Lipinski definition) is 3. The number of nitrogens with zero attached hydrogens (tertiary/aromatic N) is 2. The molecule has 0 aliphatic rings. The first-order valence-corrected chi connectivity index (χ1v) is 19.4. The molecule has 0 unspecified atom stereocenters. The normalized spacial score (nSPS) is 19.8. The van der Waals surface area contributed by atoms with Crippen molar-refractivity contribution < 1.29 is 49.3 Å². The summed E-state index contributed by atoms with van der Waals surface area (Å²) in [6.45, 7) is 0.